The molecule has 0 saturated carbocycles. The summed E-state index contributed by atoms with van der Waals surface area (Å²) in [5.41, 5.74) is 1.18. The molecule has 0 atom stereocenters. The van der Waals surface area contributed by atoms with Crippen molar-refractivity contribution < 1.29 is 14.0 Å². The smallest absolute Gasteiger partial charge is 0.242 e. The van der Waals surface area contributed by atoms with Gasteiger partial charge in [-0.1, -0.05) is 37.3 Å². The highest BCUT2D eigenvalue weighted by Gasteiger charge is 2.23. The van der Waals surface area contributed by atoms with Gasteiger partial charge in [-0.05, 0) is 44.4 Å². The fourth-order valence-electron chi connectivity index (χ4n) is 2.95. The van der Waals surface area contributed by atoms with Crippen LogP contribution in [-0.4, -0.2) is 40.7 Å². The standard InChI is InChI=1S/C22H30N2O3/c1-4-9-21(25)24(18(2)3)17-22(26)23(16-20-12-8-15-27-20)14-13-19-10-6-5-7-11-19/h5-8,10-12,15,18H,4,9,13-14,16-17H2,1-3H3. The molecule has 5 heteroatoms. The third-order valence-electron chi connectivity index (χ3n) is 4.51. The first-order valence-electron chi connectivity index (χ1n) is 9.64. The van der Waals surface area contributed by atoms with Crippen LogP contribution in [0.1, 0.15) is 44.9 Å². The van der Waals surface area contributed by atoms with Gasteiger partial charge in [-0.15, -0.1) is 0 Å². The lowest BCUT2D eigenvalue weighted by Crippen LogP contribution is -2.46. The summed E-state index contributed by atoms with van der Waals surface area (Å²) in [6, 6.07) is 13.8. The Morgan fingerprint density at radius 2 is 1.78 bits per heavy atom. The summed E-state index contributed by atoms with van der Waals surface area (Å²) in [7, 11) is 0. The number of hydrogen-bond acceptors (Lipinski definition) is 3. The molecule has 0 bridgehead atoms. The van der Waals surface area contributed by atoms with Crippen molar-refractivity contribution in [3.8, 4) is 0 Å². The second kappa shape index (κ2) is 10.6. The summed E-state index contributed by atoms with van der Waals surface area (Å²) in [6.45, 7) is 6.96. The average Bonchev–Trinajstić information content (AvgIpc) is 3.16. The average molecular weight is 370 g/mol. The maximum absolute atomic E-state index is 13.0. The molecule has 0 aliphatic heterocycles. The molecule has 5 nitrogen and oxygen atoms in total. The van der Waals surface area contributed by atoms with Crippen molar-refractivity contribution in [2.75, 3.05) is 13.1 Å². The first kappa shape index (κ1) is 20.7. The predicted molar refractivity (Wildman–Crippen MR) is 106 cm³/mol. The number of amides is 2. The third-order valence-corrected chi connectivity index (χ3v) is 4.51. The Hall–Kier alpha value is -2.56. The van der Waals surface area contributed by atoms with E-state index in [9.17, 15) is 9.59 Å². The molecule has 1 heterocycles. The summed E-state index contributed by atoms with van der Waals surface area (Å²) >= 11 is 0. The van der Waals surface area contributed by atoms with Gasteiger partial charge in [0, 0.05) is 19.0 Å². The Bertz CT molecular complexity index is 696. The zero-order valence-corrected chi connectivity index (χ0v) is 16.6. The van der Waals surface area contributed by atoms with E-state index in [1.54, 1.807) is 16.1 Å². The highest BCUT2D eigenvalue weighted by atomic mass is 16.3. The van der Waals surface area contributed by atoms with Gasteiger partial charge in [-0.25, -0.2) is 0 Å². The van der Waals surface area contributed by atoms with E-state index in [0.717, 1.165) is 18.6 Å². The highest BCUT2D eigenvalue weighted by Crippen LogP contribution is 2.11. The Balaban J connectivity index is 2.07. The lowest BCUT2D eigenvalue weighted by Gasteiger charge is -2.30. The lowest BCUT2D eigenvalue weighted by atomic mass is 10.1. The van der Waals surface area contributed by atoms with Crippen LogP contribution >= 0.6 is 0 Å². The van der Waals surface area contributed by atoms with Gasteiger partial charge in [-0.3, -0.25) is 9.59 Å². The van der Waals surface area contributed by atoms with E-state index in [1.165, 1.54) is 5.56 Å². The molecule has 2 rings (SSSR count). The summed E-state index contributed by atoms with van der Waals surface area (Å²) in [4.78, 5) is 28.8. The fourth-order valence-corrected chi connectivity index (χ4v) is 2.95. The van der Waals surface area contributed by atoms with Gasteiger partial charge in [0.15, 0.2) is 0 Å². The minimum absolute atomic E-state index is 0.00686. The second-order valence-corrected chi connectivity index (χ2v) is 7.00. The molecule has 1 aromatic carbocycles. The van der Waals surface area contributed by atoms with Crippen molar-refractivity contribution in [1.82, 2.24) is 9.80 Å². The highest BCUT2D eigenvalue weighted by molar-refractivity contribution is 5.85. The van der Waals surface area contributed by atoms with E-state index in [-0.39, 0.29) is 24.4 Å². The van der Waals surface area contributed by atoms with Crippen LogP contribution in [-0.2, 0) is 22.6 Å². The zero-order valence-electron chi connectivity index (χ0n) is 16.6. The Labute approximate surface area is 162 Å². The predicted octanol–water partition coefficient (Wildman–Crippen LogP) is 3.89. The summed E-state index contributed by atoms with van der Waals surface area (Å²) < 4.78 is 5.43. The van der Waals surface area contributed by atoms with Gasteiger partial charge < -0.3 is 14.2 Å². The van der Waals surface area contributed by atoms with Crippen molar-refractivity contribution in [2.45, 2.75) is 52.6 Å². The minimum Gasteiger partial charge on any atom is -0.467 e. The molecule has 0 aliphatic carbocycles. The van der Waals surface area contributed by atoms with E-state index in [1.807, 2.05) is 51.1 Å². The van der Waals surface area contributed by atoms with Gasteiger partial charge in [0.1, 0.15) is 5.76 Å². The monoisotopic (exact) mass is 370 g/mol. The van der Waals surface area contributed by atoms with E-state index >= 15 is 0 Å². The normalized spacial score (nSPS) is 10.8. The van der Waals surface area contributed by atoms with Crippen LogP contribution in [0.2, 0.25) is 0 Å². The molecular formula is C22H30N2O3. The van der Waals surface area contributed by atoms with Crippen LogP contribution in [0.3, 0.4) is 0 Å². The SMILES string of the molecule is CCCC(=O)N(CC(=O)N(CCc1ccccc1)Cc1ccco1)C(C)C. The van der Waals surface area contributed by atoms with Crippen molar-refractivity contribution in [1.29, 1.82) is 0 Å². The fraction of sp³-hybridized carbons (Fsp3) is 0.455. The molecule has 2 aromatic rings. The molecule has 27 heavy (non-hydrogen) atoms. The molecule has 0 saturated heterocycles. The lowest BCUT2D eigenvalue weighted by molar-refractivity contribution is -0.142. The van der Waals surface area contributed by atoms with Crippen LogP contribution in [0.5, 0.6) is 0 Å². The summed E-state index contributed by atoms with van der Waals surface area (Å²) in [5, 5.41) is 0. The molecule has 0 unspecified atom stereocenters. The van der Waals surface area contributed by atoms with Gasteiger partial charge in [0.25, 0.3) is 0 Å². The van der Waals surface area contributed by atoms with Gasteiger partial charge in [-0.2, -0.15) is 0 Å². The van der Waals surface area contributed by atoms with Gasteiger partial charge >= 0.3 is 0 Å². The van der Waals surface area contributed by atoms with Gasteiger partial charge in [0.05, 0.1) is 19.4 Å². The number of rotatable bonds is 10. The molecule has 0 N–H and O–H groups in total. The second-order valence-electron chi connectivity index (χ2n) is 7.00. The minimum atomic E-state index is -0.0551. The summed E-state index contributed by atoms with van der Waals surface area (Å²) in [5.74, 6) is 0.717. The molecule has 1 aromatic heterocycles. The van der Waals surface area contributed by atoms with Crippen molar-refractivity contribution in [3.05, 3.63) is 60.1 Å². The van der Waals surface area contributed by atoms with Crippen molar-refractivity contribution in [2.24, 2.45) is 0 Å². The quantitative estimate of drug-likeness (QED) is 0.638. The first-order chi connectivity index (χ1) is 13.0. The Morgan fingerprint density at radius 3 is 2.37 bits per heavy atom. The number of hydrogen-bond donors (Lipinski definition) is 0. The van der Waals surface area contributed by atoms with Crippen LogP contribution in [0.15, 0.2) is 53.1 Å². The van der Waals surface area contributed by atoms with Crippen molar-refractivity contribution >= 4 is 11.8 Å². The van der Waals surface area contributed by atoms with E-state index in [4.69, 9.17) is 4.42 Å². The third kappa shape index (κ3) is 6.59. The molecule has 0 radical (unpaired) electrons. The molecule has 0 aliphatic rings. The number of carbonyl (C=O) groups is 2. The van der Waals surface area contributed by atoms with Crippen molar-refractivity contribution in [3.63, 3.8) is 0 Å². The number of carbonyl (C=O) groups excluding carboxylic acids is 2. The van der Waals surface area contributed by atoms with Gasteiger partial charge in [0.2, 0.25) is 11.8 Å². The first-order valence-corrected chi connectivity index (χ1v) is 9.64. The number of furan rings is 1. The number of nitrogens with zero attached hydrogens (tertiary/aromatic N) is 2. The van der Waals surface area contributed by atoms with E-state index in [0.29, 0.717) is 19.5 Å². The molecular weight excluding hydrogens is 340 g/mol. The number of benzene rings is 1. The summed E-state index contributed by atoms with van der Waals surface area (Å²) in [6.07, 6.45) is 3.62. The van der Waals surface area contributed by atoms with Crippen LogP contribution in [0.4, 0.5) is 0 Å². The Kier molecular flexibility index (Phi) is 8.11. The maximum Gasteiger partial charge on any atom is 0.242 e. The van der Waals surface area contributed by atoms with E-state index in [2.05, 4.69) is 12.1 Å². The Morgan fingerprint density at radius 1 is 1.04 bits per heavy atom. The molecule has 2 amide bonds. The topological polar surface area (TPSA) is 53.8 Å². The van der Waals surface area contributed by atoms with Crippen LogP contribution < -0.4 is 0 Å². The molecule has 0 spiro atoms. The largest absolute Gasteiger partial charge is 0.467 e. The molecule has 0 fully saturated rings. The van der Waals surface area contributed by atoms with Crippen LogP contribution in [0, 0.1) is 0 Å². The maximum atomic E-state index is 13.0. The molecule has 146 valence electrons. The zero-order chi connectivity index (χ0) is 19.6. The van der Waals surface area contributed by atoms with E-state index < -0.39 is 0 Å². The van der Waals surface area contributed by atoms with Crippen LogP contribution in [0.25, 0.3) is 0 Å².